The minimum atomic E-state index is -0.0999. The predicted octanol–water partition coefficient (Wildman–Crippen LogP) is 3.69. The molecule has 1 unspecified atom stereocenters. The number of aromatic nitrogens is 2. The highest BCUT2D eigenvalue weighted by molar-refractivity contribution is 6.30. The van der Waals surface area contributed by atoms with Crippen molar-refractivity contribution in [1.82, 2.24) is 9.97 Å². The average Bonchev–Trinajstić information content (AvgIpc) is 2.91. The van der Waals surface area contributed by atoms with Crippen molar-refractivity contribution in [2.45, 2.75) is 38.2 Å². The lowest BCUT2D eigenvalue weighted by molar-refractivity contribution is 0.227. The summed E-state index contributed by atoms with van der Waals surface area (Å²) in [7, 11) is 0. The summed E-state index contributed by atoms with van der Waals surface area (Å²) in [6.45, 7) is 0. The van der Waals surface area contributed by atoms with Gasteiger partial charge in [0.15, 0.2) is 11.9 Å². The van der Waals surface area contributed by atoms with Crippen LogP contribution in [-0.2, 0) is 19.3 Å². The van der Waals surface area contributed by atoms with Crippen LogP contribution in [0.5, 0.6) is 5.75 Å². The number of halogens is 1. The third-order valence-electron chi connectivity index (χ3n) is 4.09. The van der Waals surface area contributed by atoms with Gasteiger partial charge in [0, 0.05) is 17.7 Å². The Balaban J connectivity index is 1.69. The van der Waals surface area contributed by atoms with Crippen LogP contribution in [0.15, 0.2) is 24.3 Å². The summed E-state index contributed by atoms with van der Waals surface area (Å²) in [5.74, 6) is 1.67. The van der Waals surface area contributed by atoms with Gasteiger partial charge in [-0.3, -0.25) is 0 Å². The van der Waals surface area contributed by atoms with E-state index in [4.69, 9.17) is 21.3 Å². The first-order valence-corrected chi connectivity index (χ1v) is 7.49. The number of para-hydroxylation sites is 1. The molecule has 1 aromatic carbocycles. The maximum Gasteiger partial charge on any atom is 0.171 e. The molecule has 20 heavy (non-hydrogen) atoms. The van der Waals surface area contributed by atoms with Crippen LogP contribution in [0.4, 0.5) is 0 Å². The molecule has 0 spiro atoms. The van der Waals surface area contributed by atoms with Gasteiger partial charge in [0.05, 0.1) is 0 Å². The minimum absolute atomic E-state index is 0.0999. The molecule has 1 aromatic heterocycles. The first kappa shape index (κ1) is 12.2. The van der Waals surface area contributed by atoms with Crippen molar-refractivity contribution in [3.63, 3.8) is 0 Å². The lowest BCUT2D eigenvalue weighted by Crippen LogP contribution is -2.15. The molecule has 4 rings (SSSR count). The van der Waals surface area contributed by atoms with E-state index in [0.29, 0.717) is 5.15 Å². The normalized spacial score (nSPS) is 20.1. The van der Waals surface area contributed by atoms with E-state index >= 15 is 0 Å². The van der Waals surface area contributed by atoms with E-state index in [1.54, 1.807) is 0 Å². The fourth-order valence-corrected chi connectivity index (χ4v) is 3.33. The van der Waals surface area contributed by atoms with Gasteiger partial charge < -0.3 is 4.74 Å². The van der Waals surface area contributed by atoms with Crippen LogP contribution < -0.4 is 4.74 Å². The van der Waals surface area contributed by atoms with Gasteiger partial charge in [-0.15, -0.1) is 0 Å². The highest BCUT2D eigenvalue weighted by Gasteiger charge is 2.28. The van der Waals surface area contributed by atoms with Crippen molar-refractivity contribution in [3.8, 4) is 5.75 Å². The van der Waals surface area contributed by atoms with Crippen LogP contribution in [0.25, 0.3) is 0 Å². The second kappa shape index (κ2) is 4.74. The number of hydrogen-bond donors (Lipinski definition) is 0. The molecule has 4 heteroatoms. The second-order valence-corrected chi connectivity index (χ2v) is 5.78. The van der Waals surface area contributed by atoms with Crippen LogP contribution in [0.3, 0.4) is 0 Å². The van der Waals surface area contributed by atoms with E-state index in [9.17, 15) is 0 Å². The number of ether oxygens (including phenoxy) is 1. The van der Waals surface area contributed by atoms with Crippen molar-refractivity contribution in [1.29, 1.82) is 0 Å². The monoisotopic (exact) mass is 286 g/mol. The van der Waals surface area contributed by atoms with Gasteiger partial charge in [-0.25, -0.2) is 9.97 Å². The molecule has 0 fully saturated rings. The smallest absolute Gasteiger partial charge is 0.171 e. The van der Waals surface area contributed by atoms with Crippen molar-refractivity contribution in [2.75, 3.05) is 0 Å². The van der Waals surface area contributed by atoms with Gasteiger partial charge in [0.1, 0.15) is 10.9 Å². The van der Waals surface area contributed by atoms with E-state index in [2.05, 4.69) is 11.1 Å². The van der Waals surface area contributed by atoms with Gasteiger partial charge >= 0.3 is 0 Å². The van der Waals surface area contributed by atoms with Crippen LogP contribution in [0.2, 0.25) is 5.15 Å². The molecule has 1 aliphatic carbocycles. The zero-order valence-corrected chi connectivity index (χ0v) is 11.9. The number of aryl methyl sites for hydroxylation is 1. The molecule has 1 aliphatic heterocycles. The Morgan fingerprint density at radius 3 is 2.85 bits per heavy atom. The van der Waals surface area contributed by atoms with Crippen molar-refractivity contribution >= 4 is 11.6 Å². The SMILES string of the molecule is Clc1nc(C2Cc3ccccc3O2)nc2c1CCCC2. The summed E-state index contributed by atoms with van der Waals surface area (Å²) in [6.07, 6.45) is 5.10. The molecule has 1 atom stereocenters. The summed E-state index contributed by atoms with van der Waals surface area (Å²) in [4.78, 5) is 9.20. The number of benzene rings is 1. The molecule has 2 aromatic rings. The molecule has 0 bridgehead atoms. The van der Waals surface area contributed by atoms with Gasteiger partial charge in [0.25, 0.3) is 0 Å². The largest absolute Gasteiger partial charge is 0.482 e. The minimum Gasteiger partial charge on any atom is -0.482 e. The van der Waals surface area contributed by atoms with Crippen molar-refractivity contribution < 1.29 is 4.74 Å². The third-order valence-corrected chi connectivity index (χ3v) is 4.40. The summed E-state index contributed by atoms with van der Waals surface area (Å²) in [5.41, 5.74) is 3.47. The highest BCUT2D eigenvalue weighted by atomic mass is 35.5. The molecule has 102 valence electrons. The van der Waals surface area contributed by atoms with E-state index < -0.39 is 0 Å². The fourth-order valence-electron chi connectivity index (χ4n) is 3.04. The zero-order chi connectivity index (χ0) is 13.5. The Morgan fingerprint density at radius 1 is 1.10 bits per heavy atom. The first-order valence-electron chi connectivity index (χ1n) is 7.11. The van der Waals surface area contributed by atoms with Gasteiger partial charge in [0.2, 0.25) is 0 Å². The lowest BCUT2D eigenvalue weighted by Gasteiger charge is -2.18. The standard InChI is InChI=1S/C16H15ClN2O/c17-15-11-6-2-3-7-12(11)18-16(19-15)14-9-10-5-1-4-8-13(10)20-14/h1,4-5,8,14H,2-3,6-7,9H2. The van der Waals surface area contributed by atoms with Crippen LogP contribution >= 0.6 is 11.6 Å². The van der Waals surface area contributed by atoms with E-state index in [1.165, 1.54) is 18.4 Å². The van der Waals surface area contributed by atoms with Crippen LogP contribution in [0, 0.1) is 0 Å². The van der Waals surface area contributed by atoms with Crippen molar-refractivity contribution in [2.24, 2.45) is 0 Å². The molecular weight excluding hydrogens is 272 g/mol. The maximum atomic E-state index is 6.33. The molecule has 2 heterocycles. The second-order valence-electron chi connectivity index (χ2n) is 5.42. The third kappa shape index (κ3) is 1.97. The molecule has 0 saturated heterocycles. The predicted molar refractivity (Wildman–Crippen MR) is 77.2 cm³/mol. The highest BCUT2D eigenvalue weighted by Crippen LogP contribution is 2.36. The summed E-state index contributed by atoms with van der Waals surface area (Å²) in [5, 5.41) is 0.615. The quantitative estimate of drug-likeness (QED) is 0.750. The van der Waals surface area contributed by atoms with E-state index in [1.807, 2.05) is 18.2 Å². The Morgan fingerprint density at radius 2 is 1.95 bits per heavy atom. The Kier molecular flexibility index (Phi) is 2.88. The maximum absolute atomic E-state index is 6.33. The van der Waals surface area contributed by atoms with Crippen LogP contribution in [0.1, 0.15) is 41.6 Å². The van der Waals surface area contributed by atoms with Gasteiger partial charge in [-0.05, 0) is 37.3 Å². The first-order chi connectivity index (χ1) is 9.81. The number of rotatable bonds is 1. The summed E-state index contributed by atoms with van der Waals surface area (Å²) >= 11 is 6.33. The molecule has 0 radical (unpaired) electrons. The number of nitrogens with zero attached hydrogens (tertiary/aromatic N) is 2. The Bertz CT molecular complexity index is 647. The van der Waals surface area contributed by atoms with Gasteiger partial charge in [-0.1, -0.05) is 29.8 Å². The summed E-state index contributed by atoms with van der Waals surface area (Å²) in [6, 6.07) is 8.11. The lowest BCUT2D eigenvalue weighted by atomic mass is 9.97. The van der Waals surface area contributed by atoms with E-state index in [-0.39, 0.29) is 6.10 Å². The van der Waals surface area contributed by atoms with Crippen molar-refractivity contribution in [3.05, 3.63) is 52.1 Å². The molecule has 0 saturated carbocycles. The topological polar surface area (TPSA) is 35.0 Å². The Hall–Kier alpha value is -1.61. The number of hydrogen-bond acceptors (Lipinski definition) is 3. The average molecular weight is 287 g/mol. The fraction of sp³-hybridized carbons (Fsp3) is 0.375. The van der Waals surface area contributed by atoms with Gasteiger partial charge in [-0.2, -0.15) is 0 Å². The number of fused-ring (bicyclic) bond motifs is 2. The van der Waals surface area contributed by atoms with E-state index in [0.717, 1.165) is 42.1 Å². The molecular formula is C16H15ClN2O. The molecule has 0 amide bonds. The molecule has 2 aliphatic rings. The summed E-state index contributed by atoms with van der Waals surface area (Å²) < 4.78 is 5.96. The molecule has 3 nitrogen and oxygen atoms in total. The zero-order valence-electron chi connectivity index (χ0n) is 11.1. The van der Waals surface area contributed by atoms with Crippen LogP contribution in [-0.4, -0.2) is 9.97 Å². The molecule has 0 N–H and O–H groups in total. The Labute approximate surface area is 123 Å².